The van der Waals surface area contributed by atoms with Gasteiger partial charge in [-0.3, -0.25) is 14.5 Å². The molecule has 2 amide bonds. The summed E-state index contributed by atoms with van der Waals surface area (Å²) in [4.78, 5) is 38.0. The number of fused-ring (bicyclic) bond motifs is 1. The number of hydrogen-bond donors (Lipinski definition) is 1. The summed E-state index contributed by atoms with van der Waals surface area (Å²) in [5, 5.41) is 9.57. The number of imide groups is 1. The van der Waals surface area contributed by atoms with Crippen molar-refractivity contribution in [2.75, 3.05) is 0 Å². The predicted molar refractivity (Wildman–Crippen MR) is 125 cm³/mol. The van der Waals surface area contributed by atoms with Crippen molar-refractivity contribution < 1.29 is 28.3 Å². The molecule has 7 nitrogen and oxygen atoms in total. The normalized spacial score (nSPS) is 15.1. The third kappa shape index (κ3) is 4.13. The van der Waals surface area contributed by atoms with Crippen LogP contribution >= 0.6 is 11.8 Å². The zero-order chi connectivity index (χ0) is 23.8. The molecule has 0 bridgehead atoms. The average Bonchev–Trinajstić information content (AvgIpc) is 3.50. The van der Waals surface area contributed by atoms with Crippen molar-refractivity contribution in [3.05, 3.63) is 100 Å². The van der Waals surface area contributed by atoms with E-state index >= 15 is 0 Å². The Kier molecular flexibility index (Phi) is 5.54. The molecule has 0 spiro atoms. The molecule has 0 atom stereocenters. The van der Waals surface area contributed by atoms with Crippen LogP contribution in [0.1, 0.15) is 27.4 Å². The van der Waals surface area contributed by atoms with E-state index in [1.807, 2.05) is 35.0 Å². The zero-order valence-electron chi connectivity index (χ0n) is 17.6. The predicted octanol–water partition coefficient (Wildman–Crippen LogP) is 5.36. The number of carboxylic acid groups (broad SMARTS) is 1. The van der Waals surface area contributed by atoms with Gasteiger partial charge in [0.1, 0.15) is 11.6 Å². The van der Waals surface area contributed by atoms with Crippen LogP contribution in [0.3, 0.4) is 0 Å². The Labute approximate surface area is 197 Å². The van der Waals surface area contributed by atoms with E-state index in [4.69, 9.17) is 9.52 Å². The highest BCUT2D eigenvalue weighted by Gasteiger charge is 2.35. The quantitative estimate of drug-likeness (QED) is 0.377. The molecule has 1 aliphatic heterocycles. The van der Waals surface area contributed by atoms with E-state index in [0.29, 0.717) is 22.8 Å². The Morgan fingerprint density at radius 1 is 1.03 bits per heavy atom. The lowest BCUT2D eigenvalue weighted by molar-refractivity contribution is -0.123. The number of para-hydroxylation sites is 1. The van der Waals surface area contributed by atoms with Gasteiger partial charge in [0.05, 0.1) is 18.0 Å². The topological polar surface area (TPSA) is 92.8 Å². The standard InChI is InChI=1S/C25H17FN2O5S/c26-17-7-5-15(6-8-17)12-28-23(29)22(34-25(28)32)11-16-13-27(20-4-2-1-3-19(16)20)14-18-9-10-21(33-18)24(30)31/h1-11,13H,12,14H2,(H,30,31)/b22-11-. The van der Waals surface area contributed by atoms with Crippen LogP contribution in [0.2, 0.25) is 0 Å². The summed E-state index contributed by atoms with van der Waals surface area (Å²) >= 11 is 0.859. The van der Waals surface area contributed by atoms with E-state index in [1.165, 1.54) is 18.2 Å². The monoisotopic (exact) mass is 476 g/mol. The number of amides is 2. The third-order valence-corrected chi connectivity index (χ3v) is 6.34. The third-order valence-electron chi connectivity index (χ3n) is 5.43. The molecular formula is C25H17FN2O5S. The Balaban J connectivity index is 1.44. The van der Waals surface area contributed by atoms with Crippen molar-refractivity contribution in [1.29, 1.82) is 0 Å². The number of hydrogen-bond acceptors (Lipinski definition) is 5. The van der Waals surface area contributed by atoms with Gasteiger partial charge in [0.2, 0.25) is 5.76 Å². The van der Waals surface area contributed by atoms with Gasteiger partial charge in [0.25, 0.3) is 11.1 Å². The summed E-state index contributed by atoms with van der Waals surface area (Å²) in [5.74, 6) is -1.59. The number of carbonyl (C=O) groups is 3. The molecule has 1 aliphatic rings. The number of benzene rings is 2. The first-order chi connectivity index (χ1) is 16.4. The molecule has 0 unspecified atom stereocenters. The number of aromatic carboxylic acids is 1. The summed E-state index contributed by atoms with van der Waals surface area (Å²) in [6.45, 7) is 0.363. The number of furan rings is 1. The second-order valence-corrected chi connectivity index (χ2v) is 8.69. The fraction of sp³-hybridized carbons (Fsp3) is 0.0800. The molecule has 34 heavy (non-hydrogen) atoms. The summed E-state index contributed by atoms with van der Waals surface area (Å²) in [6, 6.07) is 16.2. The second-order valence-electron chi connectivity index (χ2n) is 7.69. The van der Waals surface area contributed by atoms with Crippen molar-refractivity contribution in [2.45, 2.75) is 13.1 Å². The first kappa shape index (κ1) is 21.7. The fourth-order valence-corrected chi connectivity index (χ4v) is 4.65. The Morgan fingerprint density at radius 3 is 2.53 bits per heavy atom. The van der Waals surface area contributed by atoms with Crippen LogP contribution in [0.15, 0.2) is 76.2 Å². The SMILES string of the molecule is O=C(O)c1ccc(Cn2cc(/C=C3\SC(=O)N(Cc4ccc(F)cc4)C3=O)c3ccccc32)o1. The minimum atomic E-state index is -1.14. The van der Waals surface area contributed by atoms with Gasteiger partial charge in [-0.1, -0.05) is 30.3 Å². The number of nitrogens with zero attached hydrogens (tertiary/aromatic N) is 2. The fourth-order valence-electron chi connectivity index (χ4n) is 3.82. The van der Waals surface area contributed by atoms with Crippen LogP contribution in [0.4, 0.5) is 9.18 Å². The minimum absolute atomic E-state index is 0.0639. The van der Waals surface area contributed by atoms with E-state index < -0.39 is 11.9 Å². The number of aromatic nitrogens is 1. The van der Waals surface area contributed by atoms with Gasteiger partial charge in [-0.05, 0) is 53.7 Å². The molecule has 3 heterocycles. The van der Waals surface area contributed by atoms with Crippen LogP contribution < -0.4 is 0 Å². The first-order valence-electron chi connectivity index (χ1n) is 10.3. The van der Waals surface area contributed by atoms with Gasteiger partial charge in [-0.15, -0.1) is 0 Å². The van der Waals surface area contributed by atoms with Gasteiger partial charge < -0.3 is 14.1 Å². The molecule has 2 aromatic carbocycles. The lowest BCUT2D eigenvalue weighted by Gasteiger charge is -2.12. The highest BCUT2D eigenvalue weighted by atomic mass is 32.2. The molecule has 170 valence electrons. The van der Waals surface area contributed by atoms with Crippen LogP contribution in [0, 0.1) is 5.82 Å². The van der Waals surface area contributed by atoms with Crippen LogP contribution in [-0.4, -0.2) is 31.7 Å². The summed E-state index contributed by atoms with van der Waals surface area (Å²) < 4.78 is 20.4. The van der Waals surface area contributed by atoms with Crippen molar-refractivity contribution in [3.8, 4) is 0 Å². The van der Waals surface area contributed by atoms with Gasteiger partial charge >= 0.3 is 5.97 Å². The average molecular weight is 476 g/mol. The van der Waals surface area contributed by atoms with Crippen LogP contribution in [-0.2, 0) is 17.9 Å². The minimum Gasteiger partial charge on any atom is -0.475 e. The summed E-state index contributed by atoms with van der Waals surface area (Å²) in [6.07, 6.45) is 3.51. The molecule has 1 saturated heterocycles. The second kappa shape index (κ2) is 8.68. The van der Waals surface area contributed by atoms with E-state index in [-0.39, 0.29) is 23.4 Å². The van der Waals surface area contributed by atoms with E-state index in [9.17, 15) is 18.8 Å². The maximum absolute atomic E-state index is 13.2. The van der Waals surface area contributed by atoms with E-state index in [1.54, 1.807) is 24.3 Å². The lowest BCUT2D eigenvalue weighted by atomic mass is 10.1. The number of halogens is 1. The molecule has 4 aromatic rings. The summed E-state index contributed by atoms with van der Waals surface area (Å²) in [7, 11) is 0. The molecule has 1 fully saturated rings. The molecular weight excluding hydrogens is 459 g/mol. The summed E-state index contributed by atoms with van der Waals surface area (Å²) in [5.41, 5.74) is 2.26. The molecule has 0 radical (unpaired) electrons. The van der Waals surface area contributed by atoms with Gasteiger partial charge in [0.15, 0.2) is 0 Å². The van der Waals surface area contributed by atoms with E-state index in [2.05, 4.69) is 0 Å². The molecule has 0 saturated carbocycles. The van der Waals surface area contributed by atoms with Crippen molar-refractivity contribution in [2.24, 2.45) is 0 Å². The Hall–Kier alpha value is -4.11. The van der Waals surface area contributed by atoms with Crippen LogP contribution in [0.25, 0.3) is 17.0 Å². The van der Waals surface area contributed by atoms with Crippen LogP contribution in [0.5, 0.6) is 0 Å². The number of carbonyl (C=O) groups excluding carboxylic acids is 2. The molecule has 2 aromatic heterocycles. The Morgan fingerprint density at radius 2 is 1.79 bits per heavy atom. The maximum Gasteiger partial charge on any atom is 0.371 e. The first-order valence-corrected chi connectivity index (χ1v) is 11.1. The molecule has 5 rings (SSSR count). The molecule has 0 aliphatic carbocycles. The Bertz CT molecular complexity index is 1470. The number of carboxylic acids is 1. The highest BCUT2D eigenvalue weighted by molar-refractivity contribution is 8.18. The van der Waals surface area contributed by atoms with Crippen molar-refractivity contribution >= 4 is 45.9 Å². The van der Waals surface area contributed by atoms with Gasteiger partial charge in [0, 0.05) is 22.7 Å². The van der Waals surface area contributed by atoms with Gasteiger partial charge in [-0.25, -0.2) is 9.18 Å². The van der Waals surface area contributed by atoms with E-state index in [0.717, 1.165) is 33.1 Å². The maximum atomic E-state index is 13.2. The van der Waals surface area contributed by atoms with Crippen molar-refractivity contribution in [1.82, 2.24) is 9.47 Å². The zero-order valence-corrected chi connectivity index (χ0v) is 18.4. The lowest BCUT2D eigenvalue weighted by Crippen LogP contribution is -2.27. The number of thioether (sulfide) groups is 1. The molecule has 9 heteroatoms. The van der Waals surface area contributed by atoms with Gasteiger partial charge in [-0.2, -0.15) is 0 Å². The van der Waals surface area contributed by atoms with Crippen molar-refractivity contribution in [3.63, 3.8) is 0 Å². The smallest absolute Gasteiger partial charge is 0.371 e. The highest BCUT2D eigenvalue weighted by Crippen LogP contribution is 2.35. The number of rotatable bonds is 6. The largest absolute Gasteiger partial charge is 0.475 e. The molecule has 1 N–H and O–H groups in total.